The fraction of sp³-hybridized carbons (Fsp3) is 0.350. The van der Waals surface area contributed by atoms with Gasteiger partial charge in [-0.2, -0.15) is 0 Å². The van der Waals surface area contributed by atoms with Crippen molar-refractivity contribution in [1.82, 2.24) is 4.90 Å². The number of nitrogens with one attached hydrogen (secondary N) is 3. The van der Waals surface area contributed by atoms with E-state index in [-0.39, 0.29) is 4.92 Å². The van der Waals surface area contributed by atoms with E-state index in [1.54, 1.807) is 0 Å². The summed E-state index contributed by atoms with van der Waals surface area (Å²) in [6.07, 6.45) is 0. The first kappa shape index (κ1) is 18.8. The van der Waals surface area contributed by atoms with Crippen LogP contribution < -0.4 is 15.1 Å². The topological polar surface area (TPSA) is 67.3 Å². The average molecular weight is 400 g/mol. The Morgan fingerprint density at radius 3 is 2.50 bits per heavy atom. The molecule has 0 aliphatic carbocycles. The second-order valence-electron chi connectivity index (χ2n) is 7.83. The van der Waals surface area contributed by atoms with E-state index in [1.165, 1.54) is 15.4 Å². The molecule has 0 saturated carbocycles. The minimum Gasteiger partial charge on any atom is -0.332 e. The standard InChI is InChI=1S/C20H23N5O2S/c26-25(27)20-12-22(11-17-7-3-1-4-8-17)15-23(13-20)16-24(14-20)19(28)21-18-9-5-2-6-10-18/h1-10H,11-16H2,(H,21,28)/p+2/t20-/m1/s1. The Bertz CT molecular complexity index is 850. The van der Waals surface area contributed by atoms with Gasteiger partial charge in [-0.25, -0.2) is 0 Å². The maximum atomic E-state index is 12.1. The fourth-order valence-corrected chi connectivity index (χ4v) is 4.69. The number of hydrogen-bond acceptors (Lipinski definition) is 3. The molecule has 0 radical (unpaired) electrons. The minimum atomic E-state index is -0.974. The van der Waals surface area contributed by atoms with Gasteiger partial charge in [0.2, 0.25) is 6.67 Å². The Morgan fingerprint density at radius 2 is 1.82 bits per heavy atom. The van der Waals surface area contributed by atoms with Crippen molar-refractivity contribution in [3.05, 3.63) is 76.3 Å². The second kappa shape index (κ2) is 7.83. The van der Waals surface area contributed by atoms with E-state index in [2.05, 4.69) is 17.4 Å². The third-order valence-electron chi connectivity index (χ3n) is 5.55. The van der Waals surface area contributed by atoms with Crippen LogP contribution in [-0.4, -0.2) is 53.4 Å². The van der Waals surface area contributed by atoms with E-state index in [9.17, 15) is 10.1 Å². The normalized spacial score (nSPS) is 26.5. The predicted octanol–water partition coefficient (Wildman–Crippen LogP) is -0.387. The molecule has 8 heteroatoms. The summed E-state index contributed by atoms with van der Waals surface area (Å²) < 4.78 is 0. The van der Waals surface area contributed by atoms with E-state index < -0.39 is 5.54 Å². The lowest BCUT2D eigenvalue weighted by Crippen LogP contribution is -3.37. The molecule has 0 spiro atoms. The van der Waals surface area contributed by atoms with Crippen molar-refractivity contribution in [2.24, 2.45) is 0 Å². The van der Waals surface area contributed by atoms with E-state index in [0.717, 1.165) is 18.9 Å². The lowest BCUT2D eigenvalue weighted by atomic mass is 9.93. The van der Waals surface area contributed by atoms with Gasteiger partial charge in [-0.1, -0.05) is 48.5 Å². The number of quaternary nitrogens is 2. The summed E-state index contributed by atoms with van der Waals surface area (Å²) in [5.74, 6) is 0. The molecule has 2 aliphatic heterocycles. The summed E-state index contributed by atoms with van der Waals surface area (Å²) in [7, 11) is 0. The molecule has 2 aromatic carbocycles. The predicted molar refractivity (Wildman–Crippen MR) is 111 cm³/mol. The molecule has 0 aromatic heterocycles. The van der Waals surface area contributed by atoms with Crippen LogP contribution in [0.1, 0.15) is 5.56 Å². The molecule has 2 fully saturated rings. The van der Waals surface area contributed by atoms with Gasteiger partial charge in [-0.15, -0.1) is 0 Å². The Kier molecular flexibility index (Phi) is 5.25. The highest BCUT2D eigenvalue weighted by atomic mass is 32.1. The van der Waals surface area contributed by atoms with Gasteiger partial charge in [0.25, 0.3) is 0 Å². The van der Waals surface area contributed by atoms with Crippen molar-refractivity contribution >= 4 is 23.0 Å². The number of nitro groups is 1. The number of hydrogen-bond donors (Lipinski definition) is 3. The van der Waals surface area contributed by atoms with Crippen LogP contribution in [0.4, 0.5) is 5.69 Å². The molecule has 2 saturated heterocycles. The zero-order chi connectivity index (χ0) is 19.6. The number of nitrogens with zero attached hydrogens (tertiary/aromatic N) is 2. The first-order chi connectivity index (χ1) is 13.5. The SMILES string of the molecule is O=[N+]([O-])[C@]12CN(C(=S)Nc3ccccc3)C[NH+](C[NH+](Cc3ccccc3)C1)C2. The molecule has 2 bridgehead atoms. The van der Waals surface area contributed by atoms with Crippen LogP contribution >= 0.6 is 12.2 Å². The van der Waals surface area contributed by atoms with Crippen LogP contribution in [0.25, 0.3) is 0 Å². The molecular weight excluding hydrogens is 374 g/mol. The maximum absolute atomic E-state index is 12.1. The molecule has 2 heterocycles. The van der Waals surface area contributed by atoms with Gasteiger partial charge in [-0.3, -0.25) is 24.8 Å². The molecule has 3 N–H and O–H groups in total. The fourth-order valence-electron chi connectivity index (χ4n) is 4.44. The summed E-state index contributed by atoms with van der Waals surface area (Å²) >= 11 is 5.58. The average Bonchev–Trinajstić information content (AvgIpc) is 2.68. The van der Waals surface area contributed by atoms with E-state index in [4.69, 9.17) is 12.2 Å². The number of rotatable bonds is 4. The molecular formula is C20H25N5O2S+2. The van der Waals surface area contributed by atoms with Gasteiger partial charge in [0.15, 0.2) is 24.9 Å². The first-order valence-corrected chi connectivity index (χ1v) is 9.91. The Labute approximate surface area is 169 Å². The third kappa shape index (κ3) is 3.99. The van der Waals surface area contributed by atoms with Gasteiger partial charge < -0.3 is 5.32 Å². The number of para-hydroxylation sites is 1. The van der Waals surface area contributed by atoms with Crippen molar-refractivity contribution < 1.29 is 14.7 Å². The van der Waals surface area contributed by atoms with Gasteiger partial charge in [0, 0.05) is 16.2 Å². The van der Waals surface area contributed by atoms with Gasteiger partial charge in [0.05, 0.1) is 0 Å². The van der Waals surface area contributed by atoms with Crippen LogP contribution in [0, 0.1) is 10.1 Å². The zero-order valence-corrected chi connectivity index (χ0v) is 16.5. The van der Waals surface area contributed by atoms with Crippen LogP contribution in [0.3, 0.4) is 0 Å². The Morgan fingerprint density at radius 1 is 1.14 bits per heavy atom. The molecule has 146 valence electrons. The van der Waals surface area contributed by atoms with E-state index >= 15 is 0 Å². The van der Waals surface area contributed by atoms with Crippen molar-refractivity contribution in [2.45, 2.75) is 12.1 Å². The molecule has 28 heavy (non-hydrogen) atoms. The lowest BCUT2D eigenvalue weighted by Gasteiger charge is -2.45. The molecule has 4 rings (SSSR count). The first-order valence-electron chi connectivity index (χ1n) is 9.51. The molecule has 3 atom stereocenters. The Hall–Kier alpha value is -2.55. The van der Waals surface area contributed by atoms with Crippen LogP contribution in [0.5, 0.6) is 0 Å². The number of anilines is 1. The molecule has 2 aromatic rings. The van der Waals surface area contributed by atoms with Crippen molar-refractivity contribution in [2.75, 3.05) is 38.3 Å². The Balaban J connectivity index is 1.48. The van der Waals surface area contributed by atoms with Crippen molar-refractivity contribution in [3.63, 3.8) is 0 Å². The number of thiocarbonyl (C=S) groups is 1. The van der Waals surface area contributed by atoms with Gasteiger partial charge >= 0.3 is 5.54 Å². The van der Waals surface area contributed by atoms with Crippen LogP contribution in [-0.2, 0) is 6.54 Å². The monoisotopic (exact) mass is 399 g/mol. The quantitative estimate of drug-likeness (QED) is 0.371. The van der Waals surface area contributed by atoms with Crippen molar-refractivity contribution in [3.8, 4) is 0 Å². The summed E-state index contributed by atoms with van der Waals surface area (Å²) in [6.45, 7) is 3.78. The molecule has 0 amide bonds. The summed E-state index contributed by atoms with van der Waals surface area (Å²) in [6, 6.07) is 19.9. The van der Waals surface area contributed by atoms with Crippen molar-refractivity contribution in [1.29, 1.82) is 0 Å². The summed E-state index contributed by atoms with van der Waals surface area (Å²) in [5.41, 5.74) is 1.15. The highest BCUT2D eigenvalue weighted by Gasteiger charge is 2.59. The van der Waals surface area contributed by atoms with Gasteiger partial charge in [-0.05, 0) is 24.4 Å². The smallest absolute Gasteiger partial charge is 0.332 e. The third-order valence-corrected chi connectivity index (χ3v) is 5.91. The lowest BCUT2D eigenvalue weighted by molar-refractivity contribution is -1.13. The second-order valence-corrected chi connectivity index (χ2v) is 8.21. The van der Waals surface area contributed by atoms with Gasteiger partial charge in [0.1, 0.15) is 13.1 Å². The molecule has 2 aliphatic rings. The van der Waals surface area contributed by atoms with Crippen LogP contribution in [0.2, 0.25) is 0 Å². The van der Waals surface area contributed by atoms with E-state index in [1.807, 2.05) is 53.4 Å². The largest absolute Gasteiger partial charge is 0.334 e. The number of benzene rings is 2. The molecule has 7 nitrogen and oxygen atoms in total. The van der Waals surface area contributed by atoms with E-state index in [0.29, 0.717) is 31.4 Å². The maximum Gasteiger partial charge on any atom is 0.334 e. The summed E-state index contributed by atoms with van der Waals surface area (Å²) in [4.78, 5) is 16.4. The number of fused-ring (bicyclic) bond motifs is 2. The van der Waals surface area contributed by atoms with Crippen LogP contribution in [0.15, 0.2) is 60.7 Å². The minimum absolute atomic E-state index is 0.0750. The highest BCUT2D eigenvalue weighted by molar-refractivity contribution is 7.80. The zero-order valence-electron chi connectivity index (χ0n) is 15.6. The molecule has 2 unspecified atom stereocenters. The highest BCUT2D eigenvalue weighted by Crippen LogP contribution is 2.15. The summed E-state index contributed by atoms with van der Waals surface area (Å²) in [5, 5.41) is 15.9.